The molecule has 1 heterocycles. The number of rotatable bonds is 5. The fraction of sp³-hybridized carbons (Fsp3) is 0.0909. The number of fused-ring (bicyclic) bond motifs is 1. The zero-order chi connectivity index (χ0) is 19.7. The Morgan fingerprint density at radius 3 is 2.29 bits per heavy atom. The lowest BCUT2D eigenvalue weighted by atomic mass is 9.87. The molecule has 6 heteroatoms. The molecule has 4 rings (SSSR count). The number of aromatic nitrogens is 1. The van der Waals surface area contributed by atoms with E-state index in [4.69, 9.17) is 11.6 Å². The second-order valence-corrected chi connectivity index (χ2v) is 7.01. The van der Waals surface area contributed by atoms with Gasteiger partial charge < -0.3 is 5.21 Å². The molecule has 0 spiro atoms. The van der Waals surface area contributed by atoms with Crippen molar-refractivity contribution in [1.29, 1.82) is 0 Å². The minimum atomic E-state index is -0.541. The maximum absolute atomic E-state index is 11.5. The largest absolute Gasteiger partial charge is 0.428 e. The van der Waals surface area contributed by atoms with Gasteiger partial charge in [0.1, 0.15) is 0 Å². The van der Waals surface area contributed by atoms with Crippen molar-refractivity contribution in [2.24, 2.45) is 0 Å². The summed E-state index contributed by atoms with van der Waals surface area (Å²) in [6, 6.07) is 23.8. The van der Waals surface area contributed by atoms with Crippen LogP contribution in [0.1, 0.15) is 17.0 Å². The summed E-state index contributed by atoms with van der Waals surface area (Å²) in [5.74, 6) is -0.541. The number of benzene rings is 3. The Hall–Kier alpha value is -3.31. The number of para-hydroxylation sites is 1. The topological polar surface area (TPSA) is 68.3 Å². The van der Waals surface area contributed by atoms with E-state index >= 15 is 0 Å². The third-order valence-corrected chi connectivity index (χ3v) is 5.14. The average molecular weight is 393 g/mol. The molecule has 0 amide bonds. The van der Waals surface area contributed by atoms with E-state index in [-0.39, 0.29) is 11.5 Å². The number of nitro groups is 1. The summed E-state index contributed by atoms with van der Waals surface area (Å²) in [6.45, 7) is -0.296. The van der Waals surface area contributed by atoms with Crippen LogP contribution in [0.25, 0.3) is 22.2 Å². The van der Waals surface area contributed by atoms with Gasteiger partial charge in [0.15, 0.2) is 0 Å². The van der Waals surface area contributed by atoms with Crippen LogP contribution in [0.3, 0.4) is 0 Å². The molecule has 5 nitrogen and oxygen atoms in total. The lowest BCUT2D eigenvalue weighted by Gasteiger charge is -2.16. The van der Waals surface area contributed by atoms with Crippen molar-refractivity contribution in [3.8, 4) is 11.3 Å². The molecule has 1 aromatic heterocycles. The van der Waals surface area contributed by atoms with Crippen molar-refractivity contribution in [1.82, 2.24) is 4.73 Å². The van der Waals surface area contributed by atoms with Gasteiger partial charge in [-0.25, -0.2) is 0 Å². The predicted octanol–water partition coefficient (Wildman–Crippen LogP) is 5.61. The zero-order valence-corrected chi connectivity index (χ0v) is 15.6. The maximum atomic E-state index is 11.5. The normalized spacial score (nSPS) is 12.2. The summed E-state index contributed by atoms with van der Waals surface area (Å²) in [6.07, 6.45) is 0. The summed E-state index contributed by atoms with van der Waals surface area (Å²) < 4.78 is 1.13. The molecule has 0 saturated carbocycles. The van der Waals surface area contributed by atoms with Gasteiger partial charge in [0.2, 0.25) is 6.54 Å². The first kappa shape index (κ1) is 18.1. The molecule has 4 aromatic rings. The van der Waals surface area contributed by atoms with Gasteiger partial charge in [-0.15, -0.1) is 0 Å². The van der Waals surface area contributed by atoms with E-state index in [0.717, 1.165) is 26.8 Å². The monoisotopic (exact) mass is 392 g/mol. The van der Waals surface area contributed by atoms with Crippen LogP contribution in [-0.2, 0) is 0 Å². The van der Waals surface area contributed by atoms with Crippen LogP contribution in [0.15, 0.2) is 78.9 Å². The molecule has 0 bridgehead atoms. The summed E-state index contributed by atoms with van der Waals surface area (Å²) in [5, 5.41) is 23.8. The molecule has 0 aliphatic heterocycles. The summed E-state index contributed by atoms with van der Waals surface area (Å²) in [4.78, 5) is 11.2. The first-order valence-corrected chi connectivity index (χ1v) is 9.19. The highest BCUT2D eigenvalue weighted by Crippen LogP contribution is 2.40. The van der Waals surface area contributed by atoms with Gasteiger partial charge in [0.25, 0.3) is 0 Å². The van der Waals surface area contributed by atoms with E-state index in [1.54, 1.807) is 30.3 Å². The molecule has 0 radical (unpaired) electrons. The molecule has 0 aliphatic carbocycles. The fourth-order valence-electron chi connectivity index (χ4n) is 3.68. The van der Waals surface area contributed by atoms with E-state index in [0.29, 0.717) is 16.2 Å². The van der Waals surface area contributed by atoms with E-state index < -0.39 is 5.92 Å². The van der Waals surface area contributed by atoms with Gasteiger partial charge in [0, 0.05) is 26.5 Å². The number of hydrogen-bond acceptors (Lipinski definition) is 3. The van der Waals surface area contributed by atoms with Gasteiger partial charge in [-0.3, -0.25) is 10.1 Å². The van der Waals surface area contributed by atoms with Crippen LogP contribution in [0, 0.1) is 10.1 Å². The Bertz CT molecular complexity index is 1140. The minimum absolute atomic E-state index is 0.296. The highest BCUT2D eigenvalue weighted by molar-refractivity contribution is 6.30. The van der Waals surface area contributed by atoms with Crippen molar-refractivity contribution in [2.45, 2.75) is 5.92 Å². The number of halogens is 1. The molecular formula is C22H17ClN2O3. The Morgan fingerprint density at radius 2 is 1.61 bits per heavy atom. The first-order chi connectivity index (χ1) is 13.6. The van der Waals surface area contributed by atoms with Crippen LogP contribution < -0.4 is 0 Å². The molecule has 0 aliphatic rings. The van der Waals surface area contributed by atoms with Gasteiger partial charge in [-0.05, 0) is 23.8 Å². The highest BCUT2D eigenvalue weighted by atomic mass is 35.5. The molecule has 3 aromatic carbocycles. The van der Waals surface area contributed by atoms with E-state index in [1.165, 1.54) is 0 Å². The standard InChI is InChI=1S/C22H17ClN2O3/c23-17-12-10-15(11-13-17)19(14-24(26)27)21-18-8-4-5-9-20(18)25(28)22(21)16-6-2-1-3-7-16/h1-13,19,28H,14H2/t19-/m0/s1. The highest BCUT2D eigenvalue weighted by Gasteiger charge is 2.29. The third kappa shape index (κ3) is 3.21. The van der Waals surface area contributed by atoms with E-state index in [9.17, 15) is 15.3 Å². The molecular weight excluding hydrogens is 376 g/mol. The molecule has 0 unspecified atom stereocenters. The fourth-order valence-corrected chi connectivity index (χ4v) is 3.81. The molecule has 28 heavy (non-hydrogen) atoms. The molecule has 0 saturated heterocycles. The van der Waals surface area contributed by atoms with Crippen molar-refractivity contribution in [3.05, 3.63) is 105 Å². The maximum Gasteiger partial charge on any atom is 0.214 e. The Labute approximate surface area is 166 Å². The van der Waals surface area contributed by atoms with Crippen molar-refractivity contribution >= 4 is 22.5 Å². The first-order valence-electron chi connectivity index (χ1n) is 8.81. The predicted molar refractivity (Wildman–Crippen MR) is 110 cm³/mol. The van der Waals surface area contributed by atoms with Crippen molar-refractivity contribution < 1.29 is 10.1 Å². The van der Waals surface area contributed by atoms with Gasteiger partial charge >= 0.3 is 0 Å². The molecule has 1 N–H and O–H groups in total. The summed E-state index contributed by atoms with van der Waals surface area (Å²) in [5.41, 5.74) is 3.46. The van der Waals surface area contributed by atoms with Crippen LogP contribution in [0.4, 0.5) is 0 Å². The molecule has 140 valence electrons. The van der Waals surface area contributed by atoms with Crippen molar-refractivity contribution in [3.63, 3.8) is 0 Å². The van der Waals surface area contributed by atoms with E-state index in [2.05, 4.69) is 0 Å². The Kier molecular flexibility index (Phi) is 4.75. The number of hydrogen-bond donors (Lipinski definition) is 1. The lowest BCUT2D eigenvalue weighted by molar-refractivity contribution is -0.481. The third-order valence-electron chi connectivity index (χ3n) is 4.89. The average Bonchev–Trinajstić information content (AvgIpc) is 3.00. The van der Waals surface area contributed by atoms with Gasteiger partial charge in [0.05, 0.1) is 17.1 Å². The second-order valence-electron chi connectivity index (χ2n) is 6.58. The molecule has 0 fully saturated rings. The van der Waals surface area contributed by atoms with Gasteiger partial charge in [-0.1, -0.05) is 72.3 Å². The van der Waals surface area contributed by atoms with E-state index in [1.807, 2.05) is 48.5 Å². The van der Waals surface area contributed by atoms with Crippen LogP contribution in [0.5, 0.6) is 0 Å². The lowest BCUT2D eigenvalue weighted by Crippen LogP contribution is -2.15. The van der Waals surface area contributed by atoms with Gasteiger partial charge in [-0.2, -0.15) is 4.73 Å². The Balaban J connectivity index is 2.04. The smallest absolute Gasteiger partial charge is 0.214 e. The number of nitrogens with zero attached hydrogens (tertiary/aromatic N) is 2. The second kappa shape index (κ2) is 7.37. The van der Waals surface area contributed by atoms with Crippen LogP contribution in [-0.4, -0.2) is 21.4 Å². The molecule has 1 atom stereocenters. The SMILES string of the molecule is O=[N+]([O-])C[C@@H](c1ccc(Cl)cc1)c1c(-c2ccccc2)n(O)c2ccccc12. The summed E-state index contributed by atoms with van der Waals surface area (Å²) >= 11 is 6.02. The summed E-state index contributed by atoms with van der Waals surface area (Å²) in [7, 11) is 0. The Morgan fingerprint density at radius 1 is 0.964 bits per heavy atom. The minimum Gasteiger partial charge on any atom is -0.428 e. The van der Waals surface area contributed by atoms with Crippen molar-refractivity contribution in [2.75, 3.05) is 6.54 Å². The van der Waals surface area contributed by atoms with Crippen LogP contribution >= 0.6 is 11.6 Å². The zero-order valence-electron chi connectivity index (χ0n) is 14.8. The van der Waals surface area contributed by atoms with Crippen LogP contribution in [0.2, 0.25) is 5.02 Å². The quantitative estimate of drug-likeness (QED) is 0.273.